The van der Waals surface area contributed by atoms with E-state index in [-0.39, 0.29) is 16.8 Å². The van der Waals surface area contributed by atoms with Crippen molar-refractivity contribution in [3.63, 3.8) is 0 Å². The summed E-state index contributed by atoms with van der Waals surface area (Å²) < 4.78 is 39.5. The summed E-state index contributed by atoms with van der Waals surface area (Å²) in [5.41, 5.74) is 0.513. The average molecular weight is 230 g/mol. The molecule has 0 bridgehead atoms. The van der Waals surface area contributed by atoms with Gasteiger partial charge in [0.2, 0.25) is 0 Å². The minimum atomic E-state index is -4.75. The van der Waals surface area contributed by atoms with E-state index in [0.717, 1.165) is 12.1 Å². The number of rotatable bonds is 2. The third kappa shape index (κ3) is 1.97. The van der Waals surface area contributed by atoms with Gasteiger partial charge in [-0.05, 0) is 18.2 Å². The summed E-state index contributed by atoms with van der Waals surface area (Å²) in [7, 11) is 0. The van der Waals surface area contributed by atoms with Gasteiger partial charge in [0.1, 0.15) is 11.4 Å². The van der Waals surface area contributed by atoms with Crippen LogP contribution in [0.25, 0.3) is 10.9 Å². The van der Waals surface area contributed by atoms with Crippen molar-refractivity contribution < 1.29 is 22.7 Å². The van der Waals surface area contributed by atoms with E-state index < -0.39 is 6.36 Å². The third-order valence-electron chi connectivity index (χ3n) is 1.91. The van der Waals surface area contributed by atoms with Crippen LogP contribution in [-0.2, 0) is 0 Å². The van der Waals surface area contributed by atoms with Gasteiger partial charge in [0.05, 0.1) is 5.52 Å². The maximum absolute atomic E-state index is 11.9. The van der Waals surface area contributed by atoms with E-state index in [1.54, 1.807) is 0 Å². The first kappa shape index (κ1) is 10.5. The molecule has 2 aromatic rings. The molecule has 84 valence electrons. The lowest BCUT2D eigenvalue weighted by atomic mass is 10.2. The van der Waals surface area contributed by atoms with Crippen LogP contribution in [0.2, 0.25) is 0 Å². The fourth-order valence-corrected chi connectivity index (χ4v) is 1.30. The first-order valence-corrected chi connectivity index (χ1v) is 4.18. The average Bonchev–Trinajstić information content (AvgIpc) is 2.57. The molecule has 1 heterocycles. The topological polar surface area (TPSA) is 55.0 Å². The minimum absolute atomic E-state index is 0.0441. The van der Waals surface area contributed by atoms with Crippen LogP contribution in [0.3, 0.4) is 0 Å². The van der Waals surface area contributed by atoms with E-state index in [2.05, 4.69) is 14.9 Å². The number of H-pyrrole nitrogens is 1. The number of halogens is 3. The van der Waals surface area contributed by atoms with Crippen molar-refractivity contribution in [1.82, 2.24) is 10.2 Å². The summed E-state index contributed by atoms with van der Waals surface area (Å²) in [4.78, 5) is 10.5. The van der Waals surface area contributed by atoms with Crippen molar-refractivity contribution >= 4 is 17.2 Å². The number of hydrogen-bond donors (Lipinski definition) is 1. The normalized spacial score (nSPS) is 11.7. The van der Waals surface area contributed by atoms with E-state index in [4.69, 9.17) is 0 Å². The molecule has 2 rings (SSSR count). The molecule has 1 aromatic heterocycles. The van der Waals surface area contributed by atoms with Gasteiger partial charge < -0.3 is 4.74 Å². The summed E-state index contributed by atoms with van der Waals surface area (Å²) in [5.74, 6) is -0.385. The Morgan fingerprint density at radius 2 is 2.12 bits per heavy atom. The first-order chi connectivity index (χ1) is 7.49. The lowest BCUT2D eigenvalue weighted by Gasteiger charge is -2.08. The number of carbonyl (C=O) groups is 1. The molecule has 0 aliphatic carbocycles. The van der Waals surface area contributed by atoms with Gasteiger partial charge in [-0.3, -0.25) is 9.89 Å². The molecule has 0 aliphatic heterocycles. The molecule has 4 nitrogen and oxygen atoms in total. The van der Waals surface area contributed by atoms with Crippen LogP contribution in [0.15, 0.2) is 18.2 Å². The maximum Gasteiger partial charge on any atom is 0.573 e. The van der Waals surface area contributed by atoms with Crippen LogP contribution in [-0.4, -0.2) is 22.8 Å². The summed E-state index contributed by atoms with van der Waals surface area (Å²) in [6.45, 7) is 0. The molecule has 1 aromatic carbocycles. The van der Waals surface area contributed by atoms with Gasteiger partial charge in [0.15, 0.2) is 6.29 Å². The lowest BCUT2D eigenvalue weighted by molar-refractivity contribution is -0.274. The highest BCUT2D eigenvalue weighted by molar-refractivity contribution is 5.95. The number of nitrogens with one attached hydrogen (secondary N) is 1. The Hall–Kier alpha value is -2.05. The van der Waals surface area contributed by atoms with Crippen LogP contribution in [0.1, 0.15) is 10.5 Å². The SMILES string of the molecule is O=Cc1n[nH]c2ccc(OC(F)(F)F)cc12. The Bertz CT molecular complexity index is 533. The molecule has 0 radical (unpaired) electrons. The van der Waals surface area contributed by atoms with Gasteiger partial charge in [-0.25, -0.2) is 0 Å². The van der Waals surface area contributed by atoms with Gasteiger partial charge >= 0.3 is 6.36 Å². The Balaban J connectivity index is 2.45. The van der Waals surface area contributed by atoms with Crippen LogP contribution >= 0.6 is 0 Å². The molecule has 0 aliphatic rings. The number of aromatic amines is 1. The number of ether oxygens (including phenoxy) is 1. The number of aromatic nitrogens is 2. The van der Waals surface area contributed by atoms with Gasteiger partial charge in [-0.2, -0.15) is 5.10 Å². The van der Waals surface area contributed by atoms with Crippen LogP contribution in [0, 0.1) is 0 Å². The van der Waals surface area contributed by atoms with Gasteiger partial charge in [-0.15, -0.1) is 13.2 Å². The second kappa shape index (κ2) is 3.51. The summed E-state index contributed by atoms with van der Waals surface area (Å²) in [6, 6.07) is 3.61. The highest BCUT2D eigenvalue weighted by Crippen LogP contribution is 2.26. The highest BCUT2D eigenvalue weighted by Gasteiger charge is 2.31. The number of alkyl halides is 3. The largest absolute Gasteiger partial charge is 0.573 e. The molecule has 0 saturated heterocycles. The maximum atomic E-state index is 11.9. The molecule has 0 fully saturated rings. The van der Waals surface area contributed by atoms with Crippen molar-refractivity contribution in [3.8, 4) is 5.75 Å². The molecule has 0 saturated carbocycles. The van der Waals surface area contributed by atoms with Gasteiger partial charge in [0, 0.05) is 5.39 Å². The van der Waals surface area contributed by atoms with Crippen molar-refractivity contribution in [2.75, 3.05) is 0 Å². The Kier molecular flexibility index (Phi) is 2.30. The zero-order chi connectivity index (χ0) is 11.8. The second-order valence-electron chi connectivity index (χ2n) is 2.98. The van der Waals surface area contributed by atoms with Crippen molar-refractivity contribution in [2.45, 2.75) is 6.36 Å². The van der Waals surface area contributed by atoms with E-state index in [1.807, 2.05) is 0 Å². The Morgan fingerprint density at radius 1 is 1.38 bits per heavy atom. The van der Waals surface area contributed by atoms with E-state index in [9.17, 15) is 18.0 Å². The fraction of sp³-hybridized carbons (Fsp3) is 0.111. The Morgan fingerprint density at radius 3 is 2.75 bits per heavy atom. The van der Waals surface area contributed by atoms with E-state index in [0.29, 0.717) is 11.8 Å². The molecule has 7 heteroatoms. The third-order valence-corrected chi connectivity index (χ3v) is 1.91. The zero-order valence-electron chi connectivity index (χ0n) is 7.71. The molecule has 16 heavy (non-hydrogen) atoms. The first-order valence-electron chi connectivity index (χ1n) is 4.18. The second-order valence-corrected chi connectivity index (χ2v) is 2.98. The zero-order valence-corrected chi connectivity index (χ0v) is 7.71. The molecule has 0 unspecified atom stereocenters. The molecular formula is C9H5F3N2O2. The predicted octanol–water partition coefficient (Wildman–Crippen LogP) is 2.27. The number of nitrogens with zero attached hydrogens (tertiary/aromatic N) is 1. The molecular weight excluding hydrogens is 225 g/mol. The van der Waals surface area contributed by atoms with Crippen molar-refractivity contribution in [3.05, 3.63) is 23.9 Å². The fourth-order valence-electron chi connectivity index (χ4n) is 1.30. The molecule has 0 spiro atoms. The van der Waals surface area contributed by atoms with Crippen LogP contribution in [0.5, 0.6) is 5.75 Å². The molecule has 1 N–H and O–H groups in total. The van der Waals surface area contributed by atoms with E-state index in [1.165, 1.54) is 6.07 Å². The number of fused-ring (bicyclic) bond motifs is 1. The monoisotopic (exact) mass is 230 g/mol. The van der Waals surface area contributed by atoms with Gasteiger partial charge in [0.25, 0.3) is 0 Å². The van der Waals surface area contributed by atoms with Crippen LogP contribution in [0.4, 0.5) is 13.2 Å². The van der Waals surface area contributed by atoms with E-state index >= 15 is 0 Å². The lowest BCUT2D eigenvalue weighted by Crippen LogP contribution is -2.16. The predicted molar refractivity (Wildman–Crippen MR) is 48.2 cm³/mol. The quantitative estimate of drug-likeness (QED) is 0.805. The smallest absolute Gasteiger partial charge is 0.406 e. The number of benzene rings is 1. The Labute approximate surface area is 87.0 Å². The molecule has 0 amide bonds. The summed E-state index contributed by atoms with van der Waals surface area (Å²) in [6.07, 6.45) is -4.30. The minimum Gasteiger partial charge on any atom is -0.406 e. The van der Waals surface area contributed by atoms with Crippen molar-refractivity contribution in [2.24, 2.45) is 0 Å². The standard InChI is InChI=1S/C9H5F3N2O2/c10-9(11,12)16-5-1-2-7-6(3-5)8(4-15)14-13-7/h1-4H,(H,13,14). The van der Waals surface area contributed by atoms with Crippen LogP contribution < -0.4 is 4.74 Å². The highest BCUT2D eigenvalue weighted by atomic mass is 19.4. The number of aldehydes is 1. The number of carbonyl (C=O) groups excluding carboxylic acids is 1. The summed E-state index contributed by atoms with van der Waals surface area (Å²) >= 11 is 0. The summed E-state index contributed by atoms with van der Waals surface area (Å²) in [5, 5.41) is 6.42. The van der Waals surface area contributed by atoms with Gasteiger partial charge in [-0.1, -0.05) is 0 Å². The number of hydrogen-bond acceptors (Lipinski definition) is 3. The molecule has 0 atom stereocenters. The van der Waals surface area contributed by atoms with Crippen molar-refractivity contribution in [1.29, 1.82) is 0 Å².